The van der Waals surface area contributed by atoms with Gasteiger partial charge in [0.1, 0.15) is 13.2 Å². The number of hydrogen-bond donors (Lipinski definition) is 2. The van der Waals surface area contributed by atoms with Crippen molar-refractivity contribution in [3.8, 4) is 17.2 Å². The second kappa shape index (κ2) is 6.66. The molecular weight excluding hydrogens is 296 g/mol. The van der Waals surface area contributed by atoms with Gasteiger partial charge in [0.2, 0.25) is 5.75 Å². The highest BCUT2D eigenvalue weighted by Gasteiger charge is 2.22. The van der Waals surface area contributed by atoms with Gasteiger partial charge in [0.15, 0.2) is 18.1 Å². The van der Waals surface area contributed by atoms with Crippen LogP contribution in [0.25, 0.3) is 0 Å². The lowest BCUT2D eigenvalue weighted by molar-refractivity contribution is -0.123. The number of urea groups is 1. The minimum absolute atomic E-state index is 0.118. The van der Waals surface area contributed by atoms with Crippen LogP contribution in [0.3, 0.4) is 0 Å². The fourth-order valence-corrected chi connectivity index (χ4v) is 1.78. The van der Waals surface area contributed by atoms with E-state index in [9.17, 15) is 14.4 Å². The van der Waals surface area contributed by atoms with Crippen LogP contribution >= 0.6 is 0 Å². The second-order valence-electron chi connectivity index (χ2n) is 4.19. The first-order chi connectivity index (χ1) is 10.5. The van der Waals surface area contributed by atoms with Crippen molar-refractivity contribution in [1.82, 2.24) is 5.32 Å². The van der Waals surface area contributed by atoms with Crippen LogP contribution < -0.4 is 25.3 Å². The number of hydrogen-bond acceptors (Lipinski definition) is 7. The third-order valence-corrected chi connectivity index (χ3v) is 2.66. The Kier molecular flexibility index (Phi) is 4.66. The summed E-state index contributed by atoms with van der Waals surface area (Å²) in [7, 11) is 1.42. The highest BCUT2D eigenvalue weighted by molar-refractivity contribution is 5.96. The number of carbonyl (C=O) groups excluding carboxylic acids is 3. The summed E-state index contributed by atoms with van der Waals surface area (Å²) < 4.78 is 20.7. The second-order valence-corrected chi connectivity index (χ2v) is 4.19. The number of primary amides is 1. The van der Waals surface area contributed by atoms with Crippen molar-refractivity contribution in [3.05, 3.63) is 17.7 Å². The van der Waals surface area contributed by atoms with E-state index in [0.29, 0.717) is 30.5 Å². The van der Waals surface area contributed by atoms with Gasteiger partial charge in [0, 0.05) is 0 Å². The van der Waals surface area contributed by atoms with Crippen LogP contribution in [0, 0.1) is 0 Å². The van der Waals surface area contributed by atoms with Gasteiger partial charge in [-0.15, -0.1) is 0 Å². The molecule has 118 valence electrons. The number of nitrogens with two attached hydrogens (primary N) is 1. The van der Waals surface area contributed by atoms with Gasteiger partial charge in [-0.3, -0.25) is 10.1 Å². The average molecular weight is 310 g/mol. The molecule has 9 nitrogen and oxygen atoms in total. The molecule has 1 heterocycles. The zero-order valence-electron chi connectivity index (χ0n) is 11.7. The largest absolute Gasteiger partial charge is 0.493 e. The summed E-state index contributed by atoms with van der Waals surface area (Å²) in [4.78, 5) is 33.6. The summed E-state index contributed by atoms with van der Waals surface area (Å²) in [6.45, 7) is 0.0780. The lowest BCUT2D eigenvalue weighted by atomic mass is 10.1. The predicted octanol–water partition coefficient (Wildman–Crippen LogP) is -0.182. The van der Waals surface area contributed by atoms with Gasteiger partial charge >= 0.3 is 12.0 Å². The fourth-order valence-electron chi connectivity index (χ4n) is 1.78. The van der Waals surface area contributed by atoms with Crippen molar-refractivity contribution in [2.24, 2.45) is 5.73 Å². The SMILES string of the molecule is COc1cc(C(=O)OCC(=O)NC(N)=O)cc2c1OCCO2. The molecule has 2 rings (SSSR count). The third-order valence-electron chi connectivity index (χ3n) is 2.66. The van der Waals surface area contributed by atoms with Crippen molar-refractivity contribution < 1.29 is 33.3 Å². The zero-order chi connectivity index (χ0) is 16.1. The number of benzene rings is 1. The molecule has 0 saturated carbocycles. The van der Waals surface area contributed by atoms with E-state index in [4.69, 9.17) is 24.7 Å². The molecule has 0 unspecified atom stereocenters. The van der Waals surface area contributed by atoms with Crippen molar-refractivity contribution in [2.45, 2.75) is 0 Å². The minimum Gasteiger partial charge on any atom is -0.493 e. The molecule has 0 aromatic heterocycles. The van der Waals surface area contributed by atoms with Crippen LogP contribution in [0.15, 0.2) is 12.1 Å². The fraction of sp³-hybridized carbons (Fsp3) is 0.308. The molecule has 1 aromatic carbocycles. The molecule has 1 aliphatic rings. The molecule has 3 amide bonds. The summed E-state index contributed by atoms with van der Waals surface area (Å²) in [5.41, 5.74) is 4.89. The van der Waals surface area contributed by atoms with E-state index in [2.05, 4.69) is 0 Å². The van der Waals surface area contributed by atoms with Crippen LogP contribution in [0.1, 0.15) is 10.4 Å². The van der Waals surface area contributed by atoms with Crippen LogP contribution in [-0.4, -0.2) is 44.8 Å². The molecule has 1 aliphatic heterocycles. The van der Waals surface area contributed by atoms with Gasteiger partial charge in [0.25, 0.3) is 5.91 Å². The molecule has 0 fully saturated rings. The van der Waals surface area contributed by atoms with E-state index in [1.165, 1.54) is 19.2 Å². The maximum Gasteiger partial charge on any atom is 0.338 e. The standard InChI is InChI=1S/C13H14N2O7/c1-19-8-4-7(5-9-11(8)21-3-2-20-9)12(17)22-6-10(16)15-13(14)18/h4-5H,2-3,6H2,1H3,(H3,14,15,16,18). The van der Waals surface area contributed by atoms with Crippen LogP contribution in [0.4, 0.5) is 4.79 Å². The lowest BCUT2D eigenvalue weighted by Crippen LogP contribution is -2.37. The van der Waals surface area contributed by atoms with Gasteiger partial charge in [-0.2, -0.15) is 0 Å². The number of imide groups is 1. The molecule has 0 atom stereocenters. The zero-order valence-corrected chi connectivity index (χ0v) is 11.7. The van der Waals surface area contributed by atoms with E-state index in [0.717, 1.165) is 0 Å². The Labute approximate surface area is 125 Å². The van der Waals surface area contributed by atoms with Gasteiger partial charge in [-0.1, -0.05) is 0 Å². The Hall–Kier alpha value is -2.97. The number of esters is 1. The van der Waals surface area contributed by atoms with Crippen LogP contribution in [0.2, 0.25) is 0 Å². The van der Waals surface area contributed by atoms with Crippen molar-refractivity contribution in [3.63, 3.8) is 0 Å². The average Bonchev–Trinajstić information content (AvgIpc) is 2.50. The lowest BCUT2D eigenvalue weighted by Gasteiger charge is -2.21. The van der Waals surface area contributed by atoms with Crippen molar-refractivity contribution in [1.29, 1.82) is 0 Å². The minimum atomic E-state index is -1.03. The topological polar surface area (TPSA) is 126 Å². The molecule has 22 heavy (non-hydrogen) atoms. The van der Waals surface area contributed by atoms with Gasteiger partial charge < -0.3 is 24.7 Å². The maximum absolute atomic E-state index is 11.9. The monoisotopic (exact) mass is 310 g/mol. The number of ether oxygens (including phenoxy) is 4. The molecule has 0 bridgehead atoms. The molecule has 1 aromatic rings. The first-order valence-electron chi connectivity index (χ1n) is 6.25. The smallest absolute Gasteiger partial charge is 0.338 e. The summed E-state index contributed by atoms with van der Waals surface area (Å²) in [6, 6.07) is 1.80. The molecule has 3 N–H and O–H groups in total. The van der Waals surface area contributed by atoms with Gasteiger partial charge in [-0.25, -0.2) is 9.59 Å². The summed E-state index contributed by atoms with van der Waals surface area (Å²) >= 11 is 0. The van der Waals surface area contributed by atoms with Gasteiger partial charge in [-0.05, 0) is 12.1 Å². The molecule has 0 spiro atoms. The number of amides is 3. The predicted molar refractivity (Wildman–Crippen MR) is 72.0 cm³/mol. The number of methoxy groups -OCH3 is 1. The summed E-state index contributed by atoms with van der Waals surface area (Å²) in [6.07, 6.45) is 0. The number of rotatable bonds is 4. The quantitative estimate of drug-likeness (QED) is 0.738. The molecule has 0 saturated heterocycles. The molecular formula is C13H14N2O7. The number of nitrogens with one attached hydrogen (secondary N) is 1. The highest BCUT2D eigenvalue weighted by atomic mass is 16.6. The third kappa shape index (κ3) is 3.57. The van der Waals surface area contributed by atoms with Crippen molar-refractivity contribution >= 4 is 17.9 Å². The first kappa shape index (κ1) is 15.4. The van der Waals surface area contributed by atoms with Crippen LogP contribution in [0.5, 0.6) is 17.2 Å². The Morgan fingerprint density at radius 1 is 1.27 bits per heavy atom. The molecule has 9 heteroatoms. The Balaban J connectivity index is 2.09. The van der Waals surface area contributed by atoms with E-state index in [-0.39, 0.29) is 5.56 Å². The number of fused-ring (bicyclic) bond motifs is 1. The highest BCUT2D eigenvalue weighted by Crippen LogP contribution is 2.40. The molecule has 0 radical (unpaired) electrons. The van der Waals surface area contributed by atoms with Gasteiger partial charge in [0.05, 0.1) is 12.7 Å². The first-order valence-corrected chi connectivity index (χ1v) is 6.25. The Morgan fingerprint density at radius 2 is 2.00 bits per heavy atom. The Bertz CT molecular complexity index is 597. The van der Waals surface area contributed by atoms with E-state index >= 15 is 0 Å². The van der Waals surface area contributed by atoms with Crippen LogP contribution in [-0.2, 0) is 9.53 Å². The molecule has 0 aliphatic carbocycles. The van der Waals surface area contributed by atoms with E-state index in [1.807, 2.05) is 0 Å². The van der Waals surface area contributed by atoms with Crippen molar-refractivity contribution in [2.75, 3.05) is 26.9 Å². The summed E-state index contributed by atoms with van der Waals surface area (Å²) in [5.74, 6) is -0.554. The number of carbonyl (C=O) groups is 3. The Morgan fingerprint density at radius 3 is 2.68 bits per heavy atom. The maximum atomic E-state index is 11.9. The van der Waals surface area contributed by atoms with E-state index in [1.54, 1.807) is 5.32 Å². The summed E-state index contributed by atoms with van der Waals surface area (Å²) in [5, 5.41) is 1.78. The normalized spacial score (nSPS) is 12.2. The van der Waals surface area contributed by atoms with E-state index < -0.39 is 24.5 Å².